The Morgan fingerprint density at radius 1 is 1.64 bits per heavy atom. The van der Waals surface area contributed by atoms with Gasteiger partial charge in [-0.05, 0) is 18.6 Å². The SMILES string of the molecule is CS(=O)CCCNc1ncccc1N. The van der Waals surface area contributed by atoms with Crippen LogP contribution in [0.25, 0.3) is 0 Å². The topological polar surface area (TPSA) is 68.0 Å². The number of nitrogens with one attached hydrogen (secondary N) is 1. The molecule has 1 unspecified atom stereocenters. The first kappa shape index (κ1) is 11.0. The fraction of sp³-hybridized carbons (Fsp3) is 0.444. The molecule has 1 atom stereocenters. The molecule has 3 N–H and O–H groups in total. The van der Waals surface area contributed by atoms with E-state index < -0.39 is 10.8 Å². The Labute approximate surface area is 86.4 Å². The first-order valence-electron chi connectivity index (χ1n) is 4.44. The highest BCUT2D eigenvalue weighted by atomic mass is 32.2. The Hall–Kier alpha value is -1.10. The fourth-order valence-corrected chi connectivity index (χ4v) is 1.60. The van der Waals surface area contributed by atoms with E-state index in [0.717, 1.165) is 13.0 Å². The van der Waals surface area contributed by atoms with Crippen LogP contribution in [0.3, 0.4) is 0 Å². The summed E-state index contributed by atoms with van der Waals surface area (Å²) in [5, 5.41) is 3.10. The first-order chi connectivity index (χ1) is 6.70. The fourth-order valence-electron chi connectivity index (χ4n) is 1.05. The third kappa shape index (κ3) is 3.74. The maximum Gasteiger partial charge on any atom is 0.149 e. The summed E-state index contributed by atoms with van der Waals surface area (Å²) in [7, 11) is -0.720. The lowest BCUT2D eigenvalue weighted by atomic mass is 10.4. The molecule has 0 fully saturated rings. The Morgan fingerprint density at radius 2 is 2.43 bits per heavy atom. The molecule has 1 aromatic rings. The molecule has 0 saturated carbocycles. The average molecular weight is 213 g/mol. The van der Waals surface area contributed by atoms with Gasteiger partial charge in [0.25, 0.3) is 0 Å². The van der Waals surface area contributed by atoms with Crippen LogP contribution >= 0.6 is 0 Å². The van der Waals surface area contributed by atoms with Crippen molar-refractivity contribution < 1.29 is 4.21 Å². The van der Waals surface area contributed by atoms with Gasteiger partial charge in [-0.3, -0.25) is 4.21 Å². The molecule has 0 aliphatic rings. The number of aromatic nitrogens is 1. The van der Waals surface area contributed by atoms with Crippen LogP contribution in [-0.4, -0.2) is 27.7 Å². The van der Waals surface area contributed by atoms with E-state index in [1.165, 1.54) is 0 Å². The van der Waals surface area contributed by atoms with Gasteiger partial charge >= 0.3 is 0 Å². The van der Waals surface area contributed by atoms with E-state index >= 15 is 0 Å². The quantitative estimate of drug-likeness (QED) is 0.711. The zero-order chi connectivity index (χ0) is 10.4. The highest BCUT2D eigenvalue weighted by Crippen LogP contribution is 2.12. The normalized spacial score (nSPS) is 12.4. The predicted octanol–water partition coefficient (Wildman–Crippen LogP) is 0.844. The Bertz CT molecular complexity index is 317. The van der Waals surface area contributed by atoms with Gasteiger partial charge in [0.2, 0.25) is 0 Å². The maximum atomic E-state index is 10.8. The van der Waals surface area contributed by atoms with Crippen LogP contribution in [0.1, 0.15) is 6.42 Å². The van der Waals surface area contributed by atoms with Crippen molar-refractivity contribution in [2.45, 2.75) is 6.42 Å². The lowest BCUT2D eigenvalue weighted by Crippen LogP contribution is -2.08. The molecule has 0 radical (unpaired) electrons. The van der Waals surface area contributed by atoms with Crippen LogP contribution < -0.4 is 11.1 Å². The molecule has 0 aliphatic heterocycles. The Balaban J connectivity index is 2.31. The second-order valence-electron chi connectivity index (χ2n) is 3.00. The van der Waals surface area contributed by atoms with Gasteiger partial charge in [-0.15, -0.1) is 0 Å². The Kier molecular flexibility index (Phi) is 4.39. The van der Waals surface area contributed by atoms with Crippen LogP contribution in [0.2, 0.25) is 0 Å². The summed E-state index contributed by atoms with van der Waals surface area (Å²) >= 11 is 0. The molecule has 78 valence electrons. The van der Waals surface area contributed by atoms with Crippen molar-refractivity contribution in [3.05, 3.63) is 18.3 Å². The number of nitrogen functional groups attached to an aromatic ring is 1. The minimum absolute atomic E-state index is 0.644. The summed E-state index contributed by atoms with van der Waals surface area (Å²) in [4.78, 5) is 4.08. The number of nitrogens with two attached hydrogens (primary N) is 1. The lowest BCUT2D eigenvalue weighted by molar-refractivity contribution is 0.685. The third-order valence-corrected chi connectivity index (χ3v) is 2.60. The second kappa shape index (κ2) is 5.59. The summed E-state index contributed by atoms with van der Waals surface area (Å²) in [5.74, 6) is 1.41. The minimum Gasteiger partial charge on any atom is -0.396 e. The summed E-state index contributed by atoms with van der Waals surface area (Å²) in [6, 6.07) is 3.59. The van der Waals surface area contributed by atoms with E-state index in [2.05, 4.69) is 10.3 Å². The molecular weight excluding hydrogens is 198 g/mol. The van der Waals surface area contributed by atoms with E-state index in [-0.39, 0.29) is 0 Å². The summed E-state index contributed by atoms with van der Waals surface area (Å²) in [6.45, 7) is 0.751. The number of hydrogen-bond acceptors (Lipinski definition) is 4. The smallest absolute Gasteiger partial charge is 0.149 e. The molecule has 1 aromatic heterocycles. The Morgan fingerprint density at radius 3 is 3.07 bits per heavy atom. The average Bonchev–Trinajstić information content (AvgIpc) is 2.15. The van der Waals surface area contributed by atoms with Crippen LogP contribution in [0, 0.1) is 0 Å². The maximum absolute atomic E-state index is 10.8. The highest BCUT2D eigenvalue weighted by Gasteiger charge is 1.97. The molecule has 0 spiro atoms. The number of anilines is 2. The van der Waals surface area contributed by atoms with Crippen molar-refractivity contribution >= 4 is 22.3 Å². The molecule has 1 heterocycles. The van der Waals surface area contributed by atoms with Crippen LogP contribution in [-0.2, 0) is 10.8 Å². The molecular formula is C9H15N3OS. The van der Waals surface area contributed by atoms with Crippen molar-refractivity contribution in [3.63, 3.8) is 0 Å². The van der Waals surface area contributed by atoms with Gasteiger partial charge < -0.3 is 11.1 Å². The molecule has 1 rings (SSSR count). The van der Waals surface area contributed by atoms with Crippen LogP contribution in [0.5, 0.6) is 0 Å². The lowest BCUT2D eigenvalue weighted by Gasteiger charge is -2.06. The molecule has 14 heavy (non-hydrogen) atoms. The van der Waals surface area contributed by atoms with E-state index in [0.29, 0.717) is 17.3 Å². The number of rotatable bonds is 5. The van der Waals surface area contributed by atoms with Gasteiger partial charge in [0.1, 0.15) is 5.82 Å². The summed E-state index contributed by atoms with van der Waals surface area (Å²) < 4.78 is 10.8. The zero-order valence-electron chi connectivity index (χ0n) is 8.19. The number of hydrogen-bond donors (Lipinski definition) is 2. The van der Waals surface area contributed by atoms with Gasteiger partial charge in [0.05, 0.1) is 5.69 Å². The number of nitrogens with zero attached hydrogens (tertiary/aromatic N) is 1. The molecule has 0 amide bonds. The summed E-state index contributed by atoms with van der Waals surface area (Å²) in [6.07, 6.45) is 4.25. The third-order valence-electron chi connectivity index (χ3n) is 1.74. The molecule has 4 nitrogen and oxygen atoms in total. The van der Waals surface area contributed by atoms with Gasteiger partial charge in [-0.1, -0.05) is 0 Å². The monoisotopic (exact) mass is 213 g/mol. The number of pyridine rings is 1. The standard InChI is InChI=1S/C9H15N3OS/c1-14(13)7-3-6-12-9-8(10)4-2-5-11-9/h2,4-5H,3,6-7,10H2,1H3,(H,11,12). The van der Waals surface area contributed by atoms with Gasteiger partial charge in [0, 0.05) is 35.5 Å². The van der Waals surface area contributed by atoms with Gasteiger partial charge in [-0.25, -0.2) is 4.98 Å². The highest BCUT2D eigenvalue weighted by molar-refractivity contribution is 7.84. The van der Waals surface area contributed by atoms with E-state index in [1.807, 2.05) is 0 Å². The second-order valence-corrected chi connectivity index (χ2v) is 4.55. The van der Waals surface area contributed by atoms with Crippen molar-refractivity contribution in [1.82, 2.24) is 4.98 Å². The van der Waals surface area contributed by atoms with Crippen molar-refractivity contribution in [1.29, 1.82) is 0 Å². The van der Waals surface area contributed by atoms with Crippen molar-refractivity contribution in [2.75, 3.05) is 29.6 Å². The molecule has 0 aromatic carbocycles. The van der Waals surface area contributed by atoms with Crippen molar-refractivity contribution in [2.24, 2.45) is 0 Å². The van der Waals surface area contributed by atoms with Gasteiger partial charge in [0.15, 0.2) is 0 Å². The van der Waals surface area contributed by atoms with Gasteiger partial charge in [-0.2, -0.15) is 0 Å². The largest absolute Gasteiger partial charge is 0.396 e. The van der Waals surface area contributed by atoms with Crippen LogP contribution in [0.4, 0.5) is 11.5 Å². The molecule has 0 aliphatic carbocycles. The molecule has 0 saturated heterocycles. The first-order valence-corrected chi connectivity index (χ1v) is 6.17. The van der Waals surface area contributed by atoms with E-state index in [9.17, 15) is 4.21 Å². The summed E-state index contributed by atoms with van der Waals surface area (Å²) in [5.41, 5.74) is 6.32. The van der Waals surface area contributed by atoms with E-state index in [4.69, 9.17) is 5.73 Å². The van der Waals surface area contributed by atoms with Crippen LogP contribution in [0.15, 0.2) is 18.3 Å². The van der Waals surface area contributed by atoms with E-state index in [1.54, 1.807) is 24.6 Å². The minimum atomic E-state index is -0.720. The predicted molar refractivity (Wildman–Crippen MR) is 60.7 cm³/mol. The molecule has 5 heteroatoms. The zero-order valence-corrected chi connectivity index (χ0v) is 9.01. The van der Waals surface area contributed by atoms with Crippen molar-refractivity contribution in [3.8, 4) is 0 Å². The molecule has 0 bridgehead atoms.